The van der Waals surface area contributed by atoms with Crippen LogP contribution in [0.15, 0.2) is 132 Å². The minimum atomic E-state index is -0.406. The predicted octanol–water partition coefficient (Wildman–Crippen LogP) is 10.2. The van der Waals surface area contributed by atoms with Crippen LogP contribution in [0.5, 0.6) is 0 Å². The van der Waals surface area contributed by atoms with Gasteiger partial charge in [0.15, 0.2) is 0 Å². The second-order valence-electron chi connectivity index (χ2n) is 11.3. The van der Waals surface area contributed by atoms with Crippen LogP contribution in [0.3, 0.4) is 0 Å². The molecule has 0 unspecified atom stereocenters. The Hall–Kier alpha value is -4.79. The normalized spacial score (nSPS) is 19.1. The Labute approximate surface area is 242 Å². The molecule has 0 saturated heterocycles. The molecule has 7 aromatic rings. The molecule has 0 radical (unpaired) electrons. The lowest BCUT2D eigenvalue weighted by Gasteiger charge is -2.55. The van der Waals surface area contributed by atoms with Crippen molar-refractivity contribution >= 4 is 50.6 Å². The SMILES string of the molecule is Clc1cc2c(cc1N1c3ccccc3C34c5ccccc5C(c5ccccc53)c3cccc1c34)oc1ccccc12. The summed E-state index contributed by atoms with van der Waals surface area (Å²) in [7, 11) is 0. The second-order valence-corrected chi connectivity index (χ2v) is 11.8. The third kappa shape index (κ3) is 2.48. The van der Waals surface area contributed by atoms with Gasteiger partial charge in [-0.3, -0.25) is 0 Å². The van der Waals surface area contributed by atoms with Crippen LogP contribution in [0.4, 0.5) is 17.1 Å². The minimum Gasteiger partial charge on any atom is -0.456 e. The van der Waals surface area contributed by atoms with Gasteiger partial charge in [0.1, 0.15) is 11.2 Å². The highest BCUT2D eigenvalue weighted by atomic mass is 35.5. The predicted molar refractivity (Wildman–Crippen MR) is 166 cm³/mol. The van der Waals surface area contributed by atoms with Crippen molar-refractivity contribution in [3.8, 4) is 0 Å². The van der Waals surface area contributed by atoms with Crippen LogP contribution < -0.4 is 4.90 Å². The fraction of sp³-hybridized carbons (Fsp3) is 0.0526. The smallest absolute Gasteiger partial charge is 0.137 e. The summed E-state index contributed by atoms with van der Waals surface area (Å²) in [6, 6.07) is 46.1. The highest BCUT2D eigenvalue weighted by Crippen LogP contribution is 2.68. The lowest BCUT2D eigenvalue weighted by Crippen LogP contribution is -2.46. The van der Waals surface area contributed by atoms with E-state index >= 15 is 0 Å². The molecule has 3 heteroatoms. The van der Waals surface area contributed by atoms with Crippen LogP contribution in [-0.2, 0) is 5.41 Å². The van der Waals surface area contributed by atoms with Crippen LogP contribution in [0.1, 0.15) is 44.9 Å². The zero-order chi connectivity index (χ0) is 26.9. The molecule has 41 heavy (non-hydrogen) atoms. The monoisotopic (exact) mass is 543 g/mol. The number of furan rings is 1. The first-order valence-electron chi connectivity index (χ1n) is 14.1. The number of halogens is 1. The molecule has 0 amide bonds. The van der Waals surface area contributed by atoms with E-state index in [0.29, 0.717) is 5.02 Å². The summed E-state index contributed by atoms with van der Waals surface area (Å²) in [4.78, 5) is 2.36. The first kappa shape index (κ1) is 22.0. The van der Waals surface area contributed by atoms with Gasteiger partial charge in [-0.25, -0.2) is 0 Å². The molecule has 3 aliphatic carbocycles. The molecule has 6 aromatic carbocycles. The van der Waals surface area contributed by atoms with Crippen molar-refractivity contribution in [2.45, 2.75) is 11.3 Å². The fourth-order valence-electron chi connectivity index (χ4n) is 8.20. The van der Waals surface area contributed by atoms with Crippen molar-refractivity contribution in [3.05, 3.63) is 171 Å². The Balaban J connectivity index is 1.35. The Morgan fingerprint density at radius 3 is 1.98 bits per heavy atom. The average Bonchev–Trinajstić information content (AvgIpc) is 3.38. The molecule has 1 aromatic heterocycles. The van der Waals surface area contributed by atoms with E-state index in [2.05, 4.69) is 114 Å². The molecule has 0 saturated carbocycles. The van der Waals surface area contributed by atoms with E-state index in [1.54, 1.807) is 0 Å². The van der Waals surface area contributed by atoms with Gasteiger partial charge in [-0.05, 0) is 63.2 Å². The van der Waals surface area contributed by atoms with E-state index in [1.807, 2.05) is 18.2 Å². The number of hydrogen-bond acceptors (Lipinski definition) is 2. The first-order chi connectivity index (χ1) is 20.3. The topological polar surface area (TPSA) is 16.4 Å². The number of rotatable bonds is 1. The molecule has 2 heterocycles. The maximum absolute atomic E-state index is 7.21. The van der Waals surface area contributed by atoms with Crippen molar-refractivity contribution < 1.29 is 4.42 Å². The first-order valence-corrected chi connectivity index (χ1v) is 14.5. The zero-order valence-corrected chi connectivity index (χ0v) is 22.7. The van der Waals surface area contributed by atoms with Crippen LogP contribution in [0, 0.1) is 0 Å². The summed E-state index contributed by atoms with van der Waals surface area (Å²) in [5.41, 5.74) is 14.1. The molecular formula is C38H22ClNO. The Bertz CT molecular complexity index is 2210. The molecule has 0 atom stereocenters. The summed E-state index contributed by atoms with van der Waals surface area (Å²) in [6.45, 7) is 0. The lowest BCUT2D eigenvalue weighted by molar-refractivity contribution is 0.622. The number of nitrogens with zero attached hydrogens (tertiary/aromatic N) is 1. The Kier molecular flexibility index (Phi) is 4.01. The van der Waals surface area contributed by atoms with E-state index in [4.69, 9.17) is 16.0 Å². The standard InChI is InChI=1S/C38H22ClNO/c39-30-20-26-22-10-3-8-19-34(22)41-35(26)21-33(30)40-31-17-7-6-16-29(31)38-27-14-4-1-11-23(27)36(24-12-2-5-15-28(24)38)25-13-9-18-32(40)37(25)38/h1-21,36H. The average molecular weight is 544 g/mol. The van der Waals surface area contributed by atoms with Gasteiger partial charge in [-0.2, -0.15) is 0 Å². The molecule has 2 bridgehead atoms. The lowest BCUT2D eigenvalue weighted by atomic mass is 9.49. The second kappa shape index (κ2) is 7.48. The summed E-state index contributed by atoms with van der Waals surface area (Å²) in [6.07, 6.45) is 0. The van der Waals surface area contributed by atoms with E-state index in [1.165, 1.54) is 44.6 Å². The van der Waals surface area contributed by atoms with Crippen molar-refractivity contribution in [2.75, 3.05) is 4.90 Å². The molecule has 11 rings (SSSR count). The Morgan fingerprint density at radius 2 is 1.17 bits per heavy atom. The summed E-state index contributed by atoms with van der Waals surface area (Å²) in [5.74, 6) is 0.194. The van der Waals surface area contributed by atoms with Crippen molar-refractivity contribution in [2.24, 2.45) is 0 Å². The zero-order valence-electron chi connectivity index (χ0n) is 21.9. The molecule has 4 aliphatic rings. The van der Waals surface area contributed by atoms with E-state index in [-0.39, 0.29) is 5.92 Å². The van der Waals surface area contributed by atoms with Gasteiger partial charge in [0.25, 0.3) is 0 Å². The fourth-order valence-corrected chi connectivity index (χ4v) is 8.44. The van der Waals surface area contributed by atoms with E-state index < -0.39 is 5.41 Å². The van der Waals surface area contributed by atoms with Gasteiger partial charge in [0, 0.05) is 22.8 Å². The number of para-hydroxylation sites is 2. The number of fused-ring (bicyclic) bond motifs is 4. The van der Waals surface area contributed by atoms with Gasteiger partial charge in [0.2, 0.25) is 0 Å². The van der Waals surface area contributed by atoms with Crippen molar-refractivity contribution in [3.63, 3.8) is 0 Å². The molecule has 1 spiro atoms. The van der Waals surface area contributed by atoms with Crippen LogP contribution in [0.25, 0.3) is 21.9 Å². The summed E-state index contributed by atoms with van der Waals surface area (Å²) < 4.78 is 6.35. The van der Waals surface area contributed by atoms with Crippen LogP contribution in [-0.4, -0.2) is 0 Å². The largest absolute Gasteiger partial charge is 0.456 e. The third-order valence-electron chi connectivity index (χ3n) is 9.59. The van der Waals surface area contributed by atoms with Crippen LogP contribution in [0.2, 0.25) is 5.02 Å². The third-order valence-corrected chi connectivity index (χ3v) is 9.89. The van der Waals surface area contributed by atoms with E-state index in [9.17, 15) is 0 Å². The highest BCUT2D eigenvalue weighted by Gasteiger charge is 2.57. The number of anilines is 3. The number of benzene rings is 6. The van der Waals surface area contributed by atoms with Crippen LogP contribution >= 0.6 is 11.6 Å². The number of hydrogen-bond donors (Lipinski definition) is 0. The van der Waals surface area contributed by atoms with Crippen molar-refractivity contribution in [1.82, 2.24) is 0 Å². The summed E-state index contributed by atoms with van der Waals surface area (Å²) >= 11 is 7.21. The van der Waals surface area contributed by atoms with E-state index in [0.717, 1.165) is 33.3 Å². The van der Waals surface area contributed by atoms with Gasteiger partial charge in [-0.1, -0.05) is 109 Å². The molecule has 0 N–H and O–H groups in total. The quantitative estimate of drug-likeness (QED) is 0.205. The molecule has 2 nitrogen and oxygen atoms in total. The summed E-state index contributed by atoms with van der Waals surface area (Å²) in [5, 5.41) is 2.82. The molecule has 1 aliphatic heterocycles. The van der Waals surface area contributed by atoms with Gasteiger partial charge >= 0.3 is 0 Å². The molecular weight excluding hydrogens is 522 g/mol. The Morgan fingerprint density at radius 1 is 0.537 bits per heavy atom. The molecule has 192 valence electrons. The van der Waals surface area contributed by atoms with Gasteiger partial charge < -0.3 is 9.32 Å². The van der Waals surface area contributed by atoms with Gasteiger partial charge in [-0.15, -0.1) is 0 Å². The van der Waals surface area contributed by atoms with Crippen molar-refractivity contribution in [1.29, 1.82) is 0 Å². The maximum atomic E-state index is 7.21. The van der Waals surface area contributed by atoms with Gasteiger partial charge in [0.05, 0.1) is 27.5 Å². The molecule has 0 fully saturated rings. The minimum absolute atomic E-state index is 0.194. The highest BCUT2D eigenvalue weighted by molar-refractivity contribution is 6.35. The maximum Gasteiger partial charge on any atom is 0.137 e.